The molecule has 1 unspecified atom stereocenters. The molecular weight excluding hydrogens is 280 g/mol. The zero-order valence-electron chi connectivity index (χ0n) is 16.2. The molecule has 0 amide bonds. The third kappa shape index (κ3) is 8.67. The molecule has 2 heteroatoms. The zero-order valence-corrected chi connectivity index (χ0v) is 16.2. The Bertz CT molecular complexity index is 288. The maximum absolute atomic E-state index is 2.62. The minimum atomic E-state index is 0.645. The van der Waals surface area contributed by atoms with Gasteiger partial charge in [-0.25, -0.2) is 0 Å². The maximum Gasteiger partial charge on any atom is 0.101 e. The van der Waals surface area contributed by atoms with Crippen molar-refractivity contribution < 1.29 is 0 Å². The van der Waals surface area contributed by atoms with Crippen LogP contribution in [0.4, 0.5) is 0 Å². The first-order valence-corrected chi connectivity index (χ1v) is 10.5. The minimum Gasteiger partial charge on any atom is -0.356 e. The van der Waals surface area contributed by atoms with E-state index in [9.17, 15) is 0 Å². The zero-order chi connectivity index (χ0) is 16.8. The van der Waals surface area contributed by atoms with Crippen LogP contribution in [0.3, 0.4) is 0 Å². The molecular formula is C21H42N2. The molecule has 0 radical (unpaired) electrons. The van der Waals surface area contributed by atoms with Crippen LogP contribution in [-0.2, 0) is 0 Å². The predicted octanol–water partition coefficient (Wildman–Crippen LogP) is 6.53. The number of rotatable bonds is 15. The largest absolute Gasteiger partial charge is 0.356 e. The van der Waals surface area contributed by atoms with Crippen molar-refractivity contribution in [2.24, 2.45) is 0 Å². The average molecular weight is 323 g/mol. The summed E-state index contributed by atoms with van der Waals surface area (Å²) in [5.41, 5.74) is 0. The lowest BCUT2D eigenvalue weighted by atomic mass is 10.1. The SMILES string of the molecule is CCCCCCCCCN1C=CN(CCCCC)C1CCCC. The Labute approximate surface area is 146 Å². The van der Waals surface area contributed by atoms with Crippen LogP contribution in [0.15, 0.2) is 12.4 Å². The van der Waals surface area contributed by atoms with Gasteiger partial charge in [0.15, 0.2) is 0 Å². The number of nitrogens with zero attached hydrogens (tertiary/aromatic N) is 2. The van der Waals surface area contributed by atoms with E-state index in [2.05, 4.69) is 43.0 Å². The Morgan fingerprint density at radius 3 is 1.57 bits per heavy atom. The van der Waals surface area contributed by atoms with Crippen molar-refractivity contribution in [2.75, 3.05) is 13.1 Å². The van der Waals surface area contributed by atoms with Gasteiger partial charge < -0.3 is 9.80 Å². The van der Waals surface area contributed by atoms with Crippen LogP contribution < -0.4 is 0 Å². The van der Waals surface area contributed by atoms with Gasteiger partial charge in [0.2, 0.25) is 0 Å². The maximum atomic E-state index is 2.62. The molecule has 0 aromatic carbocycles. The summed E-state index contributed by atoms with van der Waals surface area (Å²) in [4.78, 5) is 5.22. The van der Waals surface area contributed by atoms with Crippen LogP contribution >= 0.6 is 0 Å². The molecule has 1 rings (SSSR count). The van der Waals surface area contributed by atoms with E-state index >= 15 is 0 Å². The molecule has 2 nitrogen and oxygen atoms in total. The molecule has 0 saturated carbocycles. The average Bonchev–Trinajstić information content (AvgIpc) is 2.94. The lowest BCUT2D eigenvalue weighted by molar-refractivity contribution is 0.136. The molecule has 23 heavy (non-hydrogen) atoms. The van der Waals surface area contributed by atoms with E-state index in [1.54, 1.807) is 0 Å². The van der Waals surface area contributed by atoms with Crippen LogP contribution in [0.5, 0.6) is 0 Å². The second-order valence-electron chi connectivity index (χ2n) is 7.23. The normalized spacial score (nSPS) is 17.4. The third-order valence-electron chi connectivity index (χ3n) is 5.07. The van der Waals surface area contributed by atoms with Gasteiger partial charge in [0.25, 0.3) is 0 Å². The molecule has 0 saturated heterocycles. The highest BCUT2D eigenvalue weighted by Gasteiger charge is 2.24. The molecule has 1 aliphatic rings. The van der Waals surface area contributed by atoms with Crippen LogP contribution in [-0.4, -0.2) is 29.1 Å². The molecule has 0 aromatic rings. The Morgan fingerprint density at radius 2 is 1.00 bits per heavy atom. The molecule has 0 N–H and O–H groups in total. The van der Waals surface area contributed by atoms with Crippen LogP contribution in [0, 0.1) is 0 Å². The van der Waals surface area contributed by atoms with E-state index in [1.807, 2.05) is 0 Å². The lowest BCUT2D eigenvalue weighted by Crippen LogP contribution is -2.39. The van der Waals surface area contributed by atoms with E-state index in [1.165, 1.54) is 96.6 Å². The Balaban J connectivity index is 2.24. The monoisotopic (exact) mass is 322 g/mol. The first-order chi connectivity index (χ1) is 11.3. The fourth-order valence-electron chi connectivity index (χ4n) is 3.52. The fraction of sp³-hybridized carbons (Fsp3) is 0.905. The Morgan fingerprint density at radius 1 is 0.565 bits per heavy atom. The summed E-state index contributed by atoms with van der Waals surface area (Å²) in [6.07, 6.45) is 23.2. The fourth-order valence-corrected chi connectivity index (χ4v) is 3.52. The van der Waals surface area contributed by atoms with Gasteiger partial charge in [-0.2, -0.15) is 0 Å². The van der Waals surface area contributed by atoms with Gasteiger partial charge in [0.1, 0.15) is 6.17 Å². The van der Waals surface area contributed by atoms with Gasteiger partial charge >= 0.3 is 0 Å². The number of unbranched alkanes of at least 4 members (excludes halogenated alkanes) is 9. The van der Waals surface area contributed by atoms with Crippen molar-refractivity contribution in [1.29, 1.82) is 0 Å². The summed E-state index contributed by atoms with van der Waals surface area (Å²) in [7, 11) is 0. The summed E-state index contributed by atoms with van der Waals surface area (Å²) in [5, 5.41) is 0. The summed E-state index contributed by atoms with van der Waals surface area (Å²) < 4.78 is 0. The first-order valence-electron chi connectivity index (χ1n) is 10.5. The van der Waals surface area contributed by atoms with Crippen LogP contribution in [0.25, 0.3) is 0 Å². The highest BCUT2D eigenvalue weighted by molar-refractivity contribution is 4.96. The minimum absolute atomic E-state index is 0.645. The van der Waals surface area contributed by atoms with E-state index in [0.717, 1.165) is 0 Å². The number of hydrogen-bond donors (Lipinski definition) is 0. The van der Waals surface area contributed by atoms with Gasteiger partial charge in [-0.15, -0.1) is 0 Å². The highest BCUT2D eigenvalue weighted by Crippen LogP contribution is 2.22. The topological polar surface area (TPSA) is 6.48 Å². The summed E-state index contributed by atoms with van der Waals surface area (Å²) >= 11 is 0. The smallest absolute Gasteiger partial charge is 0.101 e. The van der Waals surface area contributed by atoms with Crippen LogP contribution in [0.2, 0.25) is 0 Å². The lowest BCUT2D eigenvalue weighted by Gasteiger charge is -2.33. The quantitative estimate of drug-likeness (QED) is 0.316. The van der Waals surface area contributed by atoms with Gasteiger partial charge in [-0.05, 0) is 25.7 Å². The third-order valence-corrected chi connectivity index (χ3v) is 5.07. The summed E-state index contributed by atoms with van der Waals surface area (Å²) in [5.74, 6) is 0. The second-order valence-corrected chi connectivity index (χ2v) is 7.23. The number of hydrogen-bond acceptors (Lipinski definition) is 2. The Kier molecular flexibility index (Phi) is 12.2. The van der Waals surface area contributed by atoms with Crippen molar-refractivity contribution in [2.45, 2.75) is 110 Å². The first kappa shape index (κ1) is 20.4. The van der Waals surface area contributed by atoms with E-state index in [-0.39, 0.29) is 0 Å². The van der Waals surface area contributed by atoms with Gasteiger partial charge in [0.05, 0.1) is 0 Å². The highest BCUT2D eigenvalue weighted by atomic mass is 15.4. The van der Waals surface area contributed by atoms with Crippen molar-refractivity contribution in [1.82, 2.24) is 9.80 Å². The van der Waals surface area contributed by atoms with Crippen molar-refractivity contribution in [3.8, 4) is 0 Å². The van der Waals surface area contributed by atoms with E-state index < -0.39 is 0 Å². The van der Waals surface area contributed by atoms with Crippen LogP contribution in [0.1, 0.15) is 104 Å². The molecule has 0 aliphatic carbocycles. The molecule has 1 aliphatic heterocycles. The molecule has 0 aromatic heterocycles. The van der Waals surface area contributed by atoms with E-state index in [0.29, 0.717) is 6.17 Å². The van der Waals surface area contributed by atoms with Gasteiger partial charge in [0, 0.05) is 25.5 Å². The summed E-state index contributed by atoms with van der Waals surface area (Å²) in [6, 6.07) is 0. The van der Waals surface area contributed by atoms with Crippen molar-refractivity contribution >= 4 is 0 Å². The molecule has 0 fully saturated rings. The predicted molar refractivity (Wildman–Crippen MR) is 103 cm³/mol. The standard InChI is InChI=1S/C21H42N2/c1-4-7-10-11-12-13-15-18-23-20-19-22(17-14-8-5-2)21(23)16-9-6-3/h19-21H,4-18H2,1-3H3. The molecule has 0 spiro atoms. The van der Waals surface area contributed by atoms with Gasteiger partial charge in [-0.3, -0.25) is 0 Å². The van der Waals surface area contributed by atoms with E-state index in [4.69, 9.17) is 0 Å². The second kappa shape index (κ2) is 13.7. The van der Waals surface area contributed by atoms with Crippen molar-refractivity contribution in [3.63, 3.8) is 0 Å². The molecule has 136 valence electrons. The molecule has 1 heterocycles. The Hall–Kier alpha value is -0.660. The van der Waals surface area contributed by atoms with Crippen molar-refractivity contribution in [3.05, 3.63) is 12.4 Å². The molecule has 1 atom stereocenters. The molecule has 0 bridgehead atoms. The van der Waals surface area contributed by atoms with Gasteiger partial charge in [-0.1, -0.05) is 78.6 Å². The summed E-state index contributed by atoms with van der Waals surface area (Å²) in [6.45, 7) is 9.39.